The minimum atomic E-state index is -0.829. The predicted molar refractivity (Wildman–Crippen MR) is 107 cm³/mol. The van der Waals surface area contributed by atoms with E-state index < -0.39 is 5.41 Å². The molecule has 1 aliphatic heterocycles. The van der Waals surface area contributed by atoms with Crippen LogP contribution in [0.4, 0.5) is 0 Å². The van der Waals surface area contributed by atoms with Gasteiger partial charge in [0.1, 0.15) is 0 Å². The molecule has 7 nitrogen and oxygen atoms in total. The molecule has 4 rings (SSSR count). The summed E-state index contributed by atoms with van der Waals surface area (Å²) >= 11 is 0. The summed E-state index contributed by atoms with van der Waals surface area (Å²) in [6.45, 7) is 3.11. The van der Waals surface area contributed by atoms with E-state index in [4.69, 9.17) is 10.6 Å². The van der Waals surface area contributed by atoms with E-state index >= 15 is 0 Å². The van der Waals surface area contributed by atoms with Crippen LogP contribution in [-0.2, 0) is 16.0 Å². The highest BCUT2D eigenvalue weighted by Crippen LogP contribution is 2.48. The number of carbonyl (C=O) groups is 2. The zero-order valence-corrected chi connectivity index (χ0v) is 16.5. The molecule has 7 heteroatoms. The van der Waals surface area contributed by atoms with Gasteiger partial charge in [-0.25, -0.2) is 0 Å². The van der Waals surface area contributed by atoms with Crippen molar-refractivity contribution >= 4 is 28.4 Å². The van der Waals surface area contributed by atoms with E-state index in [0.717, 1.165) is 22.2 Å². The second kappa shape index (κ2) is 6.74. The molecule has 1 saturated heterocycles. The van der Waals surface area contributed by atoms with Gasteiger partial charge in [0.25, 0.3) is 0 Å². The molecule has 0 bridgehead atoms. The fourth-order valence-electron chi connectivity index (χ4n) is 5.29. The topological polar surface area (TPSA) is 101 Å². The number of Topliss-reactive ketones (excluding diaryl/α,β-unsaturated/α-hetero) is 1. The zero-order chi connectivity index (χ0) is 20.1. The number of hydrogen-bond donors (Lipinski definition) is 2. The third kappa shape index (κ3) is 2.64. The van der Waals surface area contributed by atoms with Gasteiger partial charge in [-0.05, 0) is 37.9 Å². The number of benzene rings is 1. The lowest BCUT2D eigenvalue weighted by Gasteiger charge is -2.48. The summed E-state index contributed by atoms with van der Waals surface area (Å²) < 4.78 is 5.30. The third-order valence-electron chi connectivity index (χ3n) is 6.58. The average Bonchev–Trinajstić information content (AvgIpc) is 3.00. The van der Waals surface area contributed by atoms with Crippen LogP contribution < -0.4 is 5.84 Å². The number of carbonyl (C=O) groups excluding carboxylic acids is 2. The Morgan fingerprint density at radius 2 is 2.14 bits per heavy atom. The number of aromatic amines is 1. The monoisotopic (exact) mass is 382 g/mol. The lowest BCUT2D eigenvalue weighted by molar-refractivity contribution is -0.162. The maximum absolute atomic E-state index is 13.3. The number of likely N-dealkylation sites (tertiary alicyclic amines) is 1. The number of nitrogens with one attached hydrogen (secondary N) is 1. The normalized spacial score (nSPS) is 28.5. The number of ketones is 1. The number of ether oxygens (including phenoxy) is 1. The van der Waals surface area contributed by atoms with Crippen LogP contribution >= 0.6 is 0 Å². The highest BCUT2D eigenvalue weighted by molar-refractivity contribution is 6.04. The van der Waals surface area contributed by atoms with Gasteiger partial charge in [0.2, 0.25) is 0 Å². The lowest BCUT2D eigenvalue weighted by atomic mass is 9.62. The third-order valence-corrected chi connectivity index (χ3v) is 6.58. The van der Waals surface area contributed by atoms with Gasteiger partial charge in [-0.2, -0.15) is 5.10 Å². The molecule has 1 aromatic heterocycles. The Bertz CT molecular complexity index is 979. The first-order valence-corrected chi connectivity index (χ1v) is 9.55. The van der Waals surface area contributed by atoms with Crippen molar-refractivity contribution in [1.82, 2.24) is 9.88 Å². The molecule has 0 spiro atoms. The summed E-state index contributed by atoms with van der Waals surface area (Å²) in [6, 6.07) is 7.85. The van der Waals surface area contributed by atoms with Crippen molar-refractivity contribution < 1.29 is 14.3 Å². The Balaban J connectivity index is 1.94. The van der Waals surface area contributed by atoms with E-state index in [2.05, 4.69) is 15.0 Å². The number of para-hydroxylation sites is 1. The van der Waals surface area contributed by atoms with Gasteiger partial charge in [0.15, 0.2) is 5.78 Å². The van der Waals surface area contributed by atoms with E-state index in [9.17, 15) is 9.59 Å². The quantitative estimate of drug-likeness (QED) is 0.358. The Kier molecular flexibility index (Phi) is 4.50. The van der Waals surface area contributed by atoms with Crippen molar-refractivity contribution in [3.05, 3.63) is 35.5 Å². The van der Waals surface area contributed by atoms with Crippen LogP contribution in [0.15, 0.2) is 29.4 Å². The number of hydrogen-bond acceptors (Lipinski definition) is 6. The maximum atomic E-state index is 13.3. The molecular weight excluding hydrogens is 356 g/mol. The maximum Gasteiger partial charge on any atom is 0.313 e. The fraction of sp³-hybridized carbons (Fsp3) is 0.476. The largest absolute Gasteiger partial charge is 0.469 e. The summed E-state index contributed by atoms with van der Waals surface area (Å²) in [6.07, 6.45) is 0.717. The molecule has 3 N–H and O–H groups in total. The first kappa shape index (κ1) is 18.7. The number of piperidine rings is 1. The van der Waals surface area contributed by atoms with Crippen molar-refractivity contribution in [3.8, 4) is 0 Å². The van der Waals surface area contributed by atoms with Crippen molar-refractivity contribution in [2.45, 2.75) is 19.8 Å². The standard InChI is InChI=1S/C21H26N4O3/c1-12(24-22)15-10-25(2)11-21(20(27)28-3)9-14-13-6-4-5-7-17(13)23-19(14)18(26)8-16(15)21/h4-7,15-16,23H,8-11,22H2,1-3H3/b24-12+. The molecule has 3 atom stereocenters. The van der Waals surface area contributed by atoms with Gasteiger partial charge in [0, 0.05) is 42.0 Å². The van der Waals surface area contributed by atoms with E-state index in [1.54, 1.807) is 0 Å². The van der Waals surface area contributed by atoms with Gasteiger partial charge < -0.3 is 20.5 Å². The minimum absolute atomic E-state index is 0.0290. The Labute approximate surface area is 163 Å². The van der Waals surface area contributed by atoms with Gasteiger partial charge in [-0.3, -0.25) is 9.59 Å². The lowest BCUT2D eigenvalue weighted by Crippen LogP contribution is -2.58. The van der Waals surface area contributed by atoms with Crippen LogP contribution in [0, 0.1) is 17.3 Å². The predicted octanol–water partition coefficient (Wildman–Crippen LogP) is 1.97. The number of nitrogens with zero attached hydrogens (tertiary/aromatic N) is 2. The molecule has 1 fully saturated rings. The molecule has 28 heavy (non-hydrogen) atoms. The van der Waals surface area contributed by atoms with E-state index in [0.29, 0.717) is 25.2 Å². The molecule has 0 radical (unpaired) electrons. The molecule has 148 valence electrons. The van der Waals surface area contributed by atoms with E-state index in [-0.39, 0.29) is 30.0 Å². The van der Waals surface area contributed by atoms with Gasteiger partial charge in [-0.15, -0.1) is 0 Å². The number of aromatic nitrogens is 1. The highest BCUT2D eigenvalue weighted by atomic mass is 16.5. The number of rotatable bonds is 2. The van der Waals surface area contributed by atoms with Crippen LogP contribution in [0.1, 0.15) is 29.4 Å². The Morgan fingerprint density at radius 3 is 2.86 bits per heavy atom. The summed E-state index contributed by atoms with van der Waals surface area (Å²) in [7, 11) is 3.41. The summed E-state index contributed by atoms with van der Waals surface area (Å²) in [5.41, 5.74) is 2.37. The second-order valence-electron chi connectivity index (χ2n) is 8.16. The summed E-state index contributed by atoms with van der Waals surface area (Å²) in [4.78, 5) is 31.9. The van der Waals surface area contributed by atoms with E-state index in [1.165, 1.54) is 7.11 Å². The number of H-pyrrole nitrogens is 1. The van der Waals surface area contributed by atoms with Crippen LogP contribution in [0.3, 0.4) is 0 Å². The molecule has 2 aliphatic rings. The zero-order valence-electron chi connectivity index (χ0n) is 16.5. The molecule has 3 unspecified atom stereocenters. The molecule has 0 amide bonds. The van der Waals surface area contributed by atoms with Gasteiger partial charge in [0.05, 0.1) is 18.2 Å². The summed E-state index contributed by atoms with van der Waals surface area (Å²) in [5, 5.41) is 4.90. The van der Waals surface area contributed by atoms with Crippen molar-refractivity contribution in [1.29, 1.82) is 0 Å². The number of nitrogens with two attached hydrogens (primary N) is 1. The molecule has 1 aliphatic carbocycles. The molecule has 2 aromatic rings. The molecular formula is C21H26N4O3. The second-order valence-corrected chi connectivity index (χ2v) is 8.16. The van der Waals surface area contributed by atoms with E-state index in [1.807, 2.05) is 38.2 Å². The smallest absolute Gasteiger partial charge is 0.313 e. The minimum Gasteiger partial charge on any atom is -0.469 e. The van der Waals surface area contributed by atoms with Crippen molar-refractivity contribution in [2.24, 2.45) is 28.2 Å². The van der Waals surface area contributed by atoms with Crippen LogP contribution in [0.5, 0.6) is 0 Å². The fourth-order valence-corrected chi connectivity index (χ4v) is 5.29. The summed E-state index contributed by atoms with van der Waals surface area (Å²) in [5.74, 6) is 5.06. The van der Waals surface area contributed by atoms with Gasteiger partial charge >= 0.3 is 5.97 Å². The molecule has 1 aromatic carbocycles. The van der Waals surface area contributed by atoms with Crippen molar-refractivity contribution in [3.63, 3.8) is 0 Å². The Morgan fingerprint density at radius 1 is 1.39 bits per heavy atom. The number of methoxy groups -OCH3 is 1. The SMILES string of the molecule is COC(=O)C12Cc3c([nH]c4ccccc34)C(=O)CC1C(/C(C)=N/N)CN(C)C2. The van der Waals surface area contributed by atoms with Crippen LogP contribution in [0.25, 0.3) is 10.9 Å². The molecule has 0 saturated carbocycles. The molecule has 2 heterocycles. The van der Waals surface area contributed by atoms with Crippen LogP contribution in [-0.4, -0.2) is 54.6 Å². The first-order valence-electron chi connectivity index (χ1n) is 9.55. The number of hydrazone groups is 1. The number of esters is 1. The van der Waals surface area contributed by atoms with Crippen LogP contribution in [0.2, 0.25) is 0 Å². The van der Waals surface area contributed by atoms with Crippen molar-refractivity contribution in [2.75, 3.05) is 27.2 Å². The van der Waals surface area contributed by atoms with Gasteiger partial charge in [-0.1, -0.05) is 18.2 Å². The average molecular weight is 382 g/mol. The highest BCUT2D eigenvalue weighted by Gasteiger charge is 2.56. The Hall–Kier alpha value is -2.67. The first-order chi connectivity index (χ1) is 13.4. The number of fused-ring (bicyclic) bond motifs is 4.